The molecule has 25 heavy (non-hydrogen) atoms. The third-order valence-corrected chi connectivity index (χ3v) is 3.93. The largest absolute Gasteiger partial charge is 0.481 e. The zero-order chi connectivity index (χ0) is 17.6. The standard InChI is InChI=1S/C20H21N3O2/c1-15-7-9-18(10-8-15)25-16(2)20(24)22-13-17-5-3-4-6-19(17)23-12-11-21-14-23/h3-12,14,16H,13H2,1-2H3,(H,22,24)/t16-/m1/s1. The van der Waals surface area contributed by atoms with Crippen LogP contribution in [0.5, 0.6) is 5.75 Å². The minimum Gasteiger partial charge on any atom is -0.481 e. The average Bonchev–Trinajstić information content (AvgIpc) is 3.16. The normalized spacial score (nSPS) is 11.8. The summed E-state index contributed by atoms with van der Waals surface area (Å²) in [4.78, 5) is 16.4. The van der Waals surface area contributed by atoms with Gasteiger partial charge in [0, 0.05) is 18.9 Å². The number of hydrogen-bond acceptors (Lipinski definition) is 3. The predicted molar refractivity (Wildman–Crippen MR) is 96.7 cm³/mol. The van der Waals surface area contributed by atoms with E-state index in [2.05, 4.69) is 10.3 Å². The Labute approximate surface area is 147 Å². The van der Waals surface area contributed by atoms with Crippen molar-refractivity contribution in [3.63, 3.8) is 0 Å². The van der Waals surface area contributed by atoms with Gasteiger partial charge in [0.1, 0.15) is 5.75 Å². The van der Waals surface area contributed by atoms with Gasteiger partial charge >= 0.3 is 0 Å². The summed E-state index contributed by atoms with van der Waals surface area (Å²) in [7, 11) is 0. The fourth-order valence-corrected chi connectivity index (χ4v) is 2.51. The summed E-state index contributed by atoms with van der Waals surface area (Å²) in [5, 5.41) is 2.94. The van der Waals surface area contributed by atoms with Crippen LogP contribution in [0.4, 0.5) is 0 Å². The molecule has 0 fully saturated rings. The molecule has 2 aromatic carbocycles. The van der Waals surface area contributed by atoms with Gasteiger partial charge in [-0.05, 0) is 37.6 Å². The Hall–Kier alpha value is -3.08. The van der Waals surface area contributed by atoms with Crippen LogP contribution in [-0.2, 0) is 11.3 Å². The van der Waals surface area contributed by atoms with E-state index in [4.69, 9.17) is 4.74 Å². The number of imidazole rings is 1. The topological polar surface area (TPSA) is 56.1 Å². The molecule has 0 radical (unpaired) electrons. The maximum atomic E-state index is 12.3. The first-order valence-electron chi connectivity index (χ1n) is 8.21. The van der Waals surface area contributed by atoms with Crippen molar-refractivity contribution in [3.8, 4) is 11.4 Å². The van der Waals surface area contributed by atoms with Crippen molar-refractivity contribution >= 4 is 5.91 Å². The first kappa shape index (κ1) is 16.8. The van der Waals surface area contributed by atoms with Crippen LogP contribution >= 0.6 is 0 Å². The molecule has 5 nitrogen and oxygen atoms in total. The zero-order valence-corrected chi connectivity index (χ0v) is 14.3. The molecule has 3 aromatic rings. The number of para-hydroxylation sites is 1. The lowest BCUT2D eigenvalue weighted by Gasteiger charge is -2.16. The highest BCUT2D eigenvalue weighted by molar-refractivity contribution is 5.80. The van der Waals surface area contributed by atoms with Crippen molar-refractivity contribution in [2.24, 2.45) is 0 Å². The number of hydrogen-bond donors (Lipinski definition) is 1. The van der Waals surface area contributed by atoms with Crippen LogP contribution in [0, 0.1) is 6.92 Å². The van der Waals surface area contributed by atoms with Crippen molar-refractivity contribution in [2.75, 3.05) is 0 Å². The molecule has 5 heteroatoms. The Kier molecular flexibility index (Phi) is 5.14. The molecule has 0 aliphatic carbocycles. The second-order valence-electron chi connectivity index (χ2n) is 5.89. The Morgan fingerprint density at radius 3 is 2.68 bits per heavy atom. The lowest BCUT2D eigenvalue weighted by molar-refractivity contribution is -0.127. The summed E-state index contributed by atoms with van der Waals surface area (Å²) in [6.45, 7) is 4.18. The van der Waals surface area contributed by atoms with Crippen LogP contribution < -0.4 is 10.1 Å². The fourth-order valence-electron chi connectivity index (χ4n) is 2.51. The van der Waals surface area contributed by atoms with Crippen molar-refractivity contribution in [2.45, 2.75) is 26.5 Å². The third kappa shape index (κ3) is 4.26. The molecule has 0 spiro atoms. The minimum absolute atomic E-state index is 0.152. The number of amides is 1. The van der Waals surface area contributed by atoms with Gasteiger partial charge in [0.2, 0.25) is 0 Å². The molecule has 0 bridgehead atoms. The summed E-state index contributed by atoms with van der Waals surface area (Å²) in [5.74, 6) is 0.535. The molecule has 0 saturated carbocycles. The van der Waals surface area contributed by atoms with E-state index in [1.807, 2.05) is 66.2 Å². The van der Waals surface area contributed by atoms with Crippen LogP contribution in [0.2, 0.25) is 0 Å². The highest BCUT2D eigenvalue weighted by atomic mass is 16.5. The fraction of sp³-hybridized carbons (Fsp3) is 0.200. The van der Waals surface area contributed by atoms with Gasteiger partial charge in [-0.15, -0.1) is 0 Å². The summed E-state index contributed by atoms with van der Waals surface area (Å²) in [5.41, 5.74) is 3.16. The van der Waals surface area contributed by atoms with E-state index >= 15 is 0 Å². The number of aryl methyl sites for hydroxylation is 1. The summed E-state index contributed by atoms with van der Waals surface area (Å²) in [6, 6.07) is 15.6. The number of nitrogens with one attached hydrogen (secondary N) is 1. The number of aromatic nitrogens is 2. The maximum Gasteiger partial charge on any atom is 0.261 e. The predicted octanol–water partition coefficient (Wildman–Crippen LogP) is 3.26. The molecule has 1 aromatic heterocycles. The van der Waals surface area contributed by atoms with Crippen LogP contribution in [0.3, 0.4) is 0 Å². The van der Waals surface area contributed by atoms with Gasteiger partial charge < -0.3 is 14.6 Å². The number of nitrogens with zero attached hydrogens (tertiary/aromatic N) is 2. The lowest BCUT2D eigenvalue weighted by Crippen LogP contribution is -2.36. The van der Waals surface area contributed by atoms with Gasteiger partial charge in [0.05, 0.1) is 12.0 Å². The number of benzene rings is 2. The SMILES string of the molecule is Cc1ccc(O[C@H](C)C(=O)NCc2ccccc2-n2ccnc2)cc1. The van der Waals surface area contributed by atoms with Gasteiger partial charge in [-0.3, -0.25) is 4.79 Å². The van der Waals surface area contributed by atoms with Gasteiger partial charge in [-0.2, -0.15) is 0 Å². The number of carbonyl (C=O) groups is 1. The maximum absolute atomic E-state index is 12.3. The summed E-state index contributed by atoms with van der Waals surface area (Å²) >= 11 is 0. The van der Waals surface area contributed by atoms with E-state index in [1.54, 1.807) is 19.4 Å². The molecule has 1 amide bonds. The molecule has 0 aliphatic rings. The smallest absolute Gasteiger partial charge is 0.261 e. The highest BCUT2D eigenvalue weighted by Crippen LogP contribution is 2.15. The Bertz CT molecular complexity index is 826. The molecular formula is C20H21N3O2. The first-order valence-corrected chi connectivity index (χ1v) is 8.21. The Morgan fingerprint density at radius 2 is 1.96 bits per heavy atom. The quantitative estimate of drug-likeness (QED) is 0.752. The monoisotopic (exact) mass is 335 g/mol. The van der Waals surface area contributed by atoms with Gasteiger partial charge in [0.15, 0.2) is 6.10 Å². The molecule has 1 N–H and O–H groups in total. The van der Waals surface area contributed by atoms with Crippen molar-refractivity contribution in [3.05, 3.63) is 78.4 Å². The van der Waals surface area contributed by atoms with Gasteiger partial charge in [-0.25, -0.2) is 4.98 Å². The van der Waals surface area contributed by atoms with Gasteiger partial charge in [0.25, 0.3) is 5.91 Å². The van der Waals surface area contributed by atoms with Crippen LogP contribution in [0.15, 0.2) is 67.3 Å². The molecule has 1 atom stereocenters. The van der Waals surface area contributed by atoms with Crippen LogP contribution in [-0.4, -0.2) is 21.6 Å². The Morgan fingerprint density at radius 1 is 1.20 bits per heavy atom. The van der Waals surface area contributed by atoms with E-state index in [0.29, 0.717) is 12.3 Å². The second kappa shape index (κ2) is 7.66. The number of rotatable bonds is 6. The minimum atomic E-state index is -0.567. The van der Waals surface area contributed by atoms with Crippen LogP contribution in [0.25, 0.3) is 5.69 Å². The van der Waals surface area contributed by atoms with E-state index < -0.39 is 6.10 Å². The third-order valence-electron chi connectivity index (χ3n) is 3.93. The lowest BCUT2D eigenvalue weighted by atomic mass is 10.1. The first-order chi connectivity index (χ1) is 12.1. The molecule has 3 rings (SSSR count). The molecule has 128 valence electrons. The summed E-state index contributed by atoms with van der Waals surface area (Å²) in [6.07, 6.45) is 4.78. The van der Waals surface area contributed by atoms with E-state index in [0.717, 1.165) is 16.8 Å². The highest BCUT2D eigenvalue weighted by Gasteiger charge is 2.15. The summed E-state index contributed by atoms with van der Waals surface area (Å²) < 4.78 is 7.62. The van der Waals surface area contributed by atoms with Crippen LogP contribution in [0.1, 0.15) is 18.1 Å². The van der Waals surface area contributed by atoms with E-state index in [-0.39, 0.29) is 5.91 Å². The molecule has 0 aliphatic heterocycles. The molecule has 0 unspecified atom stereocenters. The number of carbonyl (C=O) groups excluding carboxylic acids is 1. The van der Waals surface area contributed by atoms with E-state index in [1.165, 1.54) is 0 Å². The van der Waals surface area contributed by atoms with Crippen molar-refractivity contribution < 1.29 is 9.53 Å². The van der Waals surface area contributed by atoms with Crippen molar-refractivity contribution in [1.82, 2.24) is 14.9 Å². The molecular weight excluding hydrogens is 314 g/mol. The number of ether oxygens (including phenoxy) is 1. The van der Waals surface area contributed by atoms with E-state index in [9.17, 15) is 4.79 Å². The second-order valence-corrected chi connectivity index (χ2v) is 5.89. The molecule has 1 heterocycles. The average molecular weight is 335 g/mol. The van der Waals surface area contributed by atoms with Crippen molar-refractivity contribution in [1.29, 1.82) is 0 Å². The zero-order valence-electron chi connectivity index (χ0n) is 14.3. The Balaban J connectivity index is 1.62. The molecule has 0 saturated heterocycles. The van der Waals surface area contributed by atoms with Gasteiger partial charge in [-0.1, -0.05) is 35.9 Å².